The van der Waals surface area contributed by atoms with Crippen molar-refractivity contribution in [3.05, 3.63) is 29.3 Å². The van der Waals surface area contributed by atoms with E-state index in [9.17, 15) is 27.6 Å². The number of halogens is 4. The molecule has 11 heteroatoms. The third-order valence-electron chi connectivity index (χ3n) is 3.10. The molecule has 1 heterocycles. The zero-order valence-corrected chi connectivity index (χ0v) is 12.9. The van der Waals surface area contributed by atoms with Gasteiger partial charge in [-0.2, -0.15) is 13.2 Å². The van der Waals surface area contributed by atoms with E-state index in [4.69, 9.17) is 11.6 Å². The number of alkyl carbamates (subject to hydrolysis) is 1. The lowest BCUT2D eigenvalue weighted by Gasteiger charge is -2.29. The molecule has 1 aromatic rings. The maximum Gasteiger partial charge on any atom is 0.440 e. The van der Waals surface area contributed by atoms with E-state index in [-0.39, 0.29) is 22.2 Å². The van der Waals surface area contributed by atoms with Crippen LogP contribution in [0.2, 0.25) is 5.02 Å². The third kappa shape index (κ3) is 2.96. The van der Waals surface area contributed by atoms with Gasteiger partial charge in [-0.25, -0.2) is 14.5 Å². The van der Waals surface area contributed by atoms with Crippen LogP contribution in [0.5, 0.6) is 0 Å². The van der Waals surface area contributed by atoms with Crippen LogP contribution in [0.1, 0.15) is 6.92 Å². The van der Waals surface area contributed by atoms with Crippen molar-refractivity contribution < 1.29 is 32.3 Å². The molecule has 0 aliphatic carbocycles. The van der Waals surface area contributed by atoms with E-state index in [0.717, 1.165) is 0 Å². The number of ether oxygens (including phenoxy) is 1. The third-order valence-corrected chi connectivity index (χ3v) is 3.35. The first-order valence-corrected chi connectivity index (χ1v) is 6.94. The molecule has 1 aromatic carbocycles. The van der Waals surface area contributed by atoms with Gasteiger partial charge in [0, 0.05) is 5.02 Å². The van der Waals surface area contributed by atoms with Gasteiger partial charge in [0.25, 0.3) is 11.6 Å². The Labute approximate surface area is 138 Å². The first-order valence-electron chi connectivity index (χ1n) is 6.56. The lowest BCUT2D eigenvalue weighted by atomic mass is 10.1. The Kier molecular flexibility index (Phi) is 4.61. The zero-order chi connectivity index (χ0) is 18.1. The Morgan fingerprint density at radius 3 is 2.42 bits per heavy atom. The number of urea groups is 1. The second kappa shape index (κ2) is 6.19. The van der Waals surface area contributed by atoms with Crippen LogP contribution < -0.4 is 15.5 Å². The summed E-state index contributed by atoms with van der Waals surface area (Å²) < 4.78 is 44.7. The highest BCUT2D eigenvalue weighted by Gasteiger charge is 2.69. The van der Waals surface area contributed by atoms with Crippen LogP contribution in [0.4, 0.5) is 28.4 Å². The summed E-state index contributed by atoms with van der Waals surface area (Å²) in [6.07, 6.45) is -6.80. The molecule has 4 amide bonds. The van der Waals surface area contributed by atoms with Crippen molar-refractivity contribution in [2.24, 2.45) is 0 Å². The smallest absolute Gasteiger partial charge is 0.440 e. The number of nitrogens with one attached hydrogen (secondary N) is 2. The molecule has 0 unspecified atom stereocenters. The molecule has 24 heavy (non-hydrogen) atoms. The topological polar surface area (TPSA) is 87.7 Å². The normalized spacial score (nSPS) is 20.8. The van der Waals surface area contributed by atoms with E-state index in [2.05, 4.69) is 4.74 Å². The molecular weight excluding hydrogens is 355 g/mol. The van der Waals surface area contributed by atoms with Crippen molar-refractivity contribution in [2.45, 2.75) is 18.8 Å². The van der Waals surface area contributed by atoms with Crippen molar-refractivity contribution in [1.29, 1.82) is 0 Å². The average Bonchev–Trinajstić information content (AvgIpc) is 2.72. The number of nitrogens with zero attached hydrogens (tertiary/aromatic N) is 1. The molecule has 2 rings (SSSR count). The van der Waals surface area contributed by atoms with Gasteiger partial charge in [0.05, 0.1) is 12.3 Å². The molecule has 0 radical (unpaired) electrons. The molecule has 0 aromatic heterocycles. The number of carbonyl (C=O) groups is 3. The standard InChI is InChI=1S/C13H11ClF3N3O4/c1-2-24-11(23)19-12(13(15,16)17)9(21)20(10(22)18-12)8-5-3-7(14)4-6-8/h3-6H,2H2,1H3,(H,18,22)(H,19,23)/t12-/m1/s1. The first-order chi connectivity index (χ1) is 11.1. The van der Waals surface area contributed by atoms with Crippen molar-refractivity contribution in [3.63, 3.8) is 0 Å². The minimum absolute atomic E-state index is 0.140. The molecule has 1 saturated heterocycles. The monoisotopic (exact) mass is 365 g/mol. The number of imide groups is 1. The number of alkyl halides is 3. The molecule has 1 aliphatic heterocycles. The largest absolute Gasteiger partial charge is 0.450 e. The van der Waals surface area contributed by atoms with E-state index < -0.39 is 29.9 Å². The van der Waals surface area contributed by atoms with Crippen LogP contribution >= 0.6 is 11.6 Å². The van der Waals surface area contributed by atoms with E-state index in [1.165, 1.54) is 41.8 Å². The summed E-state index contributed by atoms with van der Waals surface area (Å²) in [5, 5.41) is 3.13. The van der Waals surface area contributed by atoms with Crippen molar-refractivity contribution in [3.8, 4) is 0 Å². The SMILES string of the molecule is CCOC(=O)N[C@]1(C(F)(F)F)NC(=O)N(c2ccc(Cl)cc2)C1=O. The molecule has 130 valence electrons. The van der Waals surface area contributed by atoms with Gasteiger partial charge in [0.1, 0.15) is 0 Å². The van der Waals surface area contributed by atoms with Gasteiger partial charge in [0.2, 0.25) is 0 Å². The number of amides is 4. The summed E-state index contributed by atoms with van der Waals surface area (Å²) in [4.78, 5) is 35.9. The van der Waals surface area contributed by atoms with Gasteiger partial charge in [0.15, 0.2) is 0 Å². The van der Waals surface area contributed by atoms with Crippen LogP contribution in [-0.2, 0) is 9.53 Å². The molecule has 2 N–H and O–H groups in total. The number of benzene rings is 1. The molecule has 0 spiro atoms. The number of carbonyl (C=O) groups excluding carboxylic acids is 3. The molecule has 1 aliphatic rings. The second-order valence-electron chi connectivity index (χ2n) is 4.64. The number of hydrogen-bond donors (Lipinski definition) is 2. The van der Waals surface area contributed by atoms with Crippen molar-refractivity contribution >= 4 is 35.3 Å². The van der Waals surface area contributed by atoms with Crippen LogP contribution in [0.25, 0.3) is 0 Å². The van der Waals surface area contributed by atoms with E-state index in [1.54, 1.807) is 0 Å². The molecule has 1 atom stereocenters. The Morgan fingerprint density at radius 2 is 1.92 bits per heavy atom. The van der Waals surface area contributed by atoms with Crippen LogP contribution in [0, 0.1) is 0 Å². The van der Waals surface area contributed by atoms with Crippen LogP contribution in [0.3, 0.4) is 0 Å². The Morgan fingerprint density at radius 1 is 1.33 bits per heavy atom. The predicted octanol–water partition coefficient (Wildman–Crippen LogP) is 2.40. The summed E-state index contributed by atoms with van der Waals surface area (Å²) in [6.45, 7) is 1.15. The Balaban J connectivity index is 2.43. The van der Waals surface area contributed by atoms with Crippen molar-refractivity contribution in [2.75, 3.05) is 11.5 Å². The van der Waals surface area contributed by atoms with Crippen LogP contribution in [0.15, 0.2) is 24.3 Å². The van der Waals surface area contributed by atoms with Gasteiger partial charge >= 0.3 is 18.3 Å². The molecule has 7 nitrogen and oxygen atoms in total. The molecule has 0 saturated carbocycles. The second-order valence-corrected chi connectivity index (χ2v) is 5.08. The average molecular weight is 366 g/mol. The number of hydrogen-bond acceptors (Lipinski definition) is 4. The summed E-state index contributed by atoms with van der Waals surface area (Å²) in [7, 11) is 0. The summed E-state index contributed by atoms with van der Waals surface area (Å²) in [5.74, 6) is -1.71. The predicted molar refractivity (Wildman–Crippen MR) is 76.4 cm³/mol. The Bertz CT molecular complexity index is 680. The van der Waals surface area contributed by atoms with E-state index in [1.807, 2.05) is 0 Å². The highest BCUT2D eigenvalue weighted by Crippen LogP contribution is 2.36. The lowest BCUT2D eigenvalue weighted by Crippen LogP contribution is -2.69. The van der Waals surface area contributed by atoms with Gasteiger partial charge in [-0.15, -0.1) is 0 Å². The molecular formula is C13H11ClF3N3O4. The number of rotatable bonds is 3. The zero-order valence-electron chi connectivity index (χ0n) is 12.1. The van der Waals surface area contributed by atoms with Gasteiger partial charge < -0.3 is 4.74 Å². The van der Waals surface area contributed by atoms with Gasteiger partial charge in [-0.3, -0.25) is 15.4 Å². The van der Waals surface area contributed by atoms with Crippen LogP contribution in [-0.4, -0.2) is 36.5 Å². The fraction of sp³-hybridized carbons (Fsp3) is 0.308. The fourth-order valence-corrected chi connectivity index (χ4v) is 2.15. The van der Waals surface area contributed by atoms with Gasteiger partial charge in [-0.1, -0.05) is 11.6 Å². The quantitative estimate of drug-likeness (QED) is 0.805. The minimum atomic E-state index is -5.30. The molecule has 0 bridgehead atoms. The van der Waals surface area contributed by atoms with E-state index >= 15 is 0 Å². The maximum absolute atomic E-state index is 13.4. The number of anilines is 1. The Hall–Kier alpha value is -2.49. The maximum atomic E-state index is 13.4. The summed E-state index contributed by atoms with van der Waals surface area (Å²) in [5.41, 5.74) is -3.76. The highest BCUT2D eigenvalue weighted by atomic mass is 35.5. The van der Waals surface area contributed by atoms with E-state index in [0.29, 0.717) is 0 Å². The first kappa shape index (κ1) is 17.9. The minimum Gasteiger partial charge on any atom is -0.450 e. The highest BCUT2D eigenvalue weighted by molar-refractivity contribution is 6.31. The fourth-order valence-electron chi connectivity index (χ4n) is 2.02. The molecule has 1 fully saturated rings. The van der Waals surface area contributed by atoms with Gasteiger partial charge in [-0.05, 0) is 31.2 Å². The van der Waals surface area contributed by atoms with Crippen molar-refractivity contribution in [1.82, 2.24) is 10.6 Å². The summed E-state index contributed by atoms with van der Waals surface area (Å²) >= 11 is 5.67. The summed E-state index contributed by atoms with van der Waals surface area (Å²) in [6, 6.07) is 3.62. The lowest BCUT2D eigenvalue weighted by molar-refractivity contribution is -0.197.